The zero-order valence-electron chi connectivity index (χ0n) is 13.6. The maximum absolute atomic E-state index is 3.64. The fraction of sp³-hybridized carbons (Fsp3) is 0.667. The first kappa shape index (κ1) is 14.9. The van der Waals surface area contributed by atoms with Gasteiger partial charge in [0.1, 0.15) is 0 Å². The van der Waals surface area contributed by atoms with Gasteiger partial charge in [0.2, 0.25) is 0 Å². The van der Waals surface area contributed by atoms with E-state index >= 15 is 0 Å². The van der Waals surface area contributed by atoms with Crippen LogP contribution in [0.15, 0.2) is 18.2 Å². The fourth-order valence-electron chi connectivity index (χ4n) is 3.66. The van der Waals surface area contributed by atoms with Crippen LogP contribution in [0.5, 0.6) is 0 Å². The molecule has 1 aromatic carbocycles. The quantitative estimate of drug-likeness (QED) is 0.867. The van der Waals surface area contributed by atoms with Crippen LogP contribution in [0.3, 0.4) is 0 Å². The Morgan fingerprint density at radius 1 is 1.19 bits per heavy atom. The van der Waals surface area contributed by atoms with Gasteiger partial charge in [-0.15, -0.1) is 0 Å². The van der Waals surface area contributed by atoms with E-state index < -0.39 is 0 Å². The third-order valence-corrected chi connectivity index (χ3v) is 4.86. The van der Waals surface area contributed by atoms with E-state index in [4.69, 9.17) is 0 Å². The number of likely N-dealkylation sites (tertiary alicyclic amines) is 1. The smallest absolute Gasteiger partial charge is 0.0397 e. The summed E-state index contributed by atoms with van der Waals surface area (Å²) in [6.45, 7) is 9.52. The summed E-state index contributed by atoms with van der Waals surface area (Å²) in [7, 11) is 2.18. The molecular formula is C18H29N3. The number of likely N-dealkylation sites (N-methyl/N-ethyl adjacent to an activating group) is 1. The number of nitrogens with one attached hydrogen (secondary N) is 1. The summed E-state index contributed by atoms with van der Waals surface area (Å²) in [6, 6.07) is 6.95. The van der Waals surface area contributed by atoms with Crippen molar-refractivity contribution in [2.24, 2.45) is 5.92 Å². The largest absolute Gasteiger partial charge is 0.374 e. The highest BCUT2D eigenvalue weighted by Gasteiger charge is 2.16. The Hall–Kier alpha value is -1.06. The molecule has 0 spiro atoms. The van der Waals surface area contributed by atoms with Gasteiger partial charge < -0.3 is 15.1 Å². The van der Waals surface area contributed by atoms with E-state index in [9.17, 15) is 0 Å². The molecule has 0 bridgehead atoms. The molecule has 0 saturated carbocycles. The lowest BCUT2D eigenvalue weighted by Gasteiger charge is -2.20. The molecule has 1 atom stereocenters. The summed E-state index contributed by atoms with van der Waals surface area (Å²) in [4.78, 5) is 4.96. The highest BCUT2D eigenvalue weighted by molar-refractivity contribution is 5.58. The van der Waals surface area contributed by atoms with Crippen LogP contribution in [0.25, 0.3) is 0 Å². The summed E-state index contributed by atoms with van der Waals surface area (Å²) >= 11 is 0. The molecule has 1 saturated heterocycles. The number of hydrogen-bond donors (Lipinski definition) is 1. The molecule has 2 aliphatic rings. The van der Waals surface area contributed by atoms with Gasteiger partial charge >= 0.3 is 0 Å². The Kier molecular flexibility index (Phi) is 4.81. The summed E-state index contributed by atoms with van der Waals surface area (Å²) in [5.41, 5.74) is 4.36. The van der Waals surface area contributed by atoms with Gasteiger partial charge in [0.05, 0.1) is 0 Å². The Labute approximate surface area is 129 Å². The predicted molar refractivity (Wildman–Crippen MR) is 90.0 cm³/mol. The van der Waals surface area contributed by atoms with Gasteiger partial charge in [-0.05, 0) is 62.0 Å². The number of fused-ring (bicyclic) bond motifs is 1. The Balaban J connectivity index is 1.43. The van der Waals surface area contributed by atoms with Gasteiger partial charge in [-0.25, -0.2) is 0 Å². The van der Waals surface area contributed by atoms with E-state index in [1.807, 2.05) is 0 Å². The SMILES string of the molecule is CC(CNCc1ccc2c(c1)CCN2C)CN1CCCC1. The minimum Gasteiger partial charge on any atom is -0.374 e. The summed E-state index contributed by atoms with van der Waals surface area (Å²) in [5, 5.41) is 3.64. The van der Waals surface area contributed by atoms with Crippen LogP contribution in [0, 0.1) is 5.92 Å². The molecule has 0 radical (unpaired) electrons. The second-order valence-electron chi connectivity index (χ2n) is 6.88. The molecule has 0 aromatic heterocycles. The second kappa shape index (κ2) is 6.80. The molecule has 21 heavy (non-hydrogen) atoms. The molecule has 0 aliphatic carbocycles. The van der Waals surface area contributed by atoms with E-state index in [0.29, 0.717) is 0 Å². The predicted octanol–water partition coefficient (Wildman–Crippen LogP) is 2.50. The van der Waals surface area contributed by atoms with Crippen molar-refractivity contribution in [3.63, 3.8) is 0 Å². The third-order valence-electron chi connectivity index (χ3n) is 4.86. The maximum Gasteiger partial charge on any atom is 0.0397 e. The molecule has 1 unspecified atom stereocenters. The topological polar surface area (TPSA) is 18.5 Å². The van der Waals surface area contributed by atoms with Crippen LogP contribution in [0.2, 0.25) is 0 Å². The molecule has 1 aromatic rings. The van der Waals surface area contributed by atoms with Gasteiger partial charge in [0, 0.05) is 32.4 Å². The van der Waals surface area contributed by atoms with Crippen molar-refractivity contribution in [3.8, 4) is 0 Å². The standard InChI is InChI=1S/C18H29N3/c1-15(14-21-8-3-4-9-21)12-19-13-16-5-6-18-17(11-16)7-10-20(18)2/h5-6,11,15,19H,3-4,7-10,12-14H2,1-2H3. The van der Waals surface area contributed by atoms with Gasteiger partial charge in [-0.2, -0.15) is 0 Å². The Morgan fingerprint density at radius 2 is 2.00 bits per heavy atom. The van der Waals surface area contributed by atoms with Crippen molar-refractivity contribution in [1.82, 2.24) is 10.2 Å². The summed E-state index contributed by atoms with van der Waals surface area (Å²) in [6.07, 6.45) is 3.98. The van der Waals surface area contributed by atoms with E-state index in [1.165, 1.54) is 62.3 Å². The van der Waals surface area contributed by atoms with Crippen LogP contribution in [-0.2, 0) is 13.0 Å². The minimum absolute atomic E-state index is 0.740. The maximum atomic E-state index is 3.64. The van der Waals surface area contributed by atoms with Gasteiger partial charge in [-0.1, -0.05) is 19.1 Å². The number of hydrogen-bond acceptors (Lipinski definition) is 3. The highest BCUT2D eigenvalue weighted by atomic mass is 15.1. The second-order valence-corrected chi connectivity index (χ2v) is 6.88. The first-order chi connectivity index (χ1) is 10.2. The minimum atomic E-state index is 0.740. The van der Waals surface area contributed by atoms with Crippen molar-refractivity contribution in [2.45, 2.75) is 32.7 Å². The molecule has 2 heterocycles. The zero-order valence-corrected chi connectivity index (χ0v) is 13.6. The van der Waals surface area contributed by atoms with Gasteiger partial charge in [0.15, 0.2) is 0 Å². The lowest BCUT2D eigenvalue weighted by Crippen LogP contribution is -2.31. The zero-order chi connectivity index (χ0) is 14.7. The lowest BCUT2D eigenvalue weighted by atomic mass is 10.1. The van der Waals surface area contributed by atoms with E-state index in [-0.39, 0.29) is 0 Å². The molecule has 0 amide bonds. The van der Waals surface area contributed by atoms with E-state index in [2.05, 4.69) is 47.3 Å². The number of benzene rings is 1. The third kappa shape index (κ3) is 3.78. The molecule has 1 N–H and O–H groups in total. The normalized spacial score (nSPS) is 20.0. The van der Waals surface area contributed by atoms with Crippen LogP contribution < -0.4 is 10.2 Å². The summed E-state index contributed by atoms with van der Waals surface area (Å²) < 4.78 is 0. The molecule has 1 fully saturated rings. The first-order valence-electron chi connectivity index (χ1n) is 8.48. The Morgan fingerprint density at radius 3 is 2.81 bits per heavy atom. The van der Waals surface area contributed by atoms with Crippen molar-refractivity contribution in [2.75, 3.05) is 44.7 Å². The van der Waals surface area contributed by atoms with Crippen molar-refractivity contribution in [3.05, 3.63) is 29.3 Å². The number of nitrogens with zero attached hydrogens (tertiary/aromatic N) is 2. The van der Waals surface area contributed by atoms with Crippen molar-refractivity contribution in [1.29, 1.82) is 0 Å². The summed E-state index contributed by atoms with van der Waals surface area (Å²) in [5.74, 6) is 0.740. The average Bonchev–Trinajstić information content (AvgIpc) is 3.09. The lowest BCUT2D eigenvalue weighted by molar-refractivity contribution is 0.282. The van der Waals surface area contributed by atoms with Gasteiger partial charge in [-0.3, -0.25) is 0 Å². The fourth-order valence-corrected chi connectivity index (χ4v) is 3.66. The highest BCUT2D eigenvalue weighted by Crippen LogP contribution is 2.27. The van der Waals surface area contributed by atoms with Crippen LogP contribution in [0.1, 0.15) is 30.9 Å². The van der Waals surface area contributed by atoms with Crippen molar-refractivity contribution >= 4 is 5.69 Å². The first-order valence-corrected chi connectivity index (χ1v) is 8.48. The van der Waals surface area contributed by atoms with Gasteiger partial charge in [0.25, 0.3) is 0 Å². The average molecular weight is 287 g/mol. The monoisotopic (exact) mass is 287 g/mol. The molecule has 2 aliphatic heterocycles. The number of anilines is 1. The molecule has 3 rings (SSSR count). The van der Waals surface area contributed by atoms with Crippen LogP contribution >= 0.6 is 0 Å². The number of rotatable bonds is 6. The molecule has 3 heteroatoms. The van der Waals surface area contributed by atoms with Crippen LogP contribution in [0.4, 0.5) is 5.69 Å². The molecule has 116 valence electrons. The Bertz CT molecular complexity index is 466. The molecular weight excluding hydrogens is 258 g/mol. The van der Waals surface area contributed by atoms with Crippen LogP contribution in [-0.4, -0.2) is 44.7 Å². The van der Waals surface area contributed by atoms with E-state index in [0.717, 1.165) is 19.0 Å². The van der Waals surface area contributed by atoms with E-state index in [1.54, 1.807) is 0 Å². The molecule has 3 nitrogen and oxygen atoms in total. The van der Waals surface area contributed by atoms with Crippen molar-refractivity contribution < 1.29 is 0 Å².